The lowest BCUT2D eigenvalue weighted by atomic mass is 10.0. The maximum absolute atomic E-state index is 5.70. The monoisotopic (exact) mass is 218 g/mol. The van der Waals surface area contributed by atoms with Crippen LogP contribution >= 0.6 is 11.6 Å². The van der Waals surface area contributed by atoms with Crippen LogP contribution in [-0.2, 0) is 0 Å². The molecule has 0 aliphatic carbocycles. The molecule has 3 heteroatoms. The number of hydrogen-bond acceptors (Lipinski definition) is 2. The zero-order valence-corrected chi connectivity index (χ0v) is 9.42. The third kappa shape index (κ3) is 2.16. The highest BCUT2D eigenvalue weighted by Gasteiger charge is 2.03. The van der Waals surface area contributed by atoms with Gasteiger partial charge in [-0.2, -0.15) is 0 Å². The molecule has 0 unspecified atom stereocenters. The van der Waals surface area contributed by atoms with Crippen LogP contribution in [0, 0.1) is 13.8 Å². The van der Waals surface area contributed by atoms with Gasteiger partial charge >= 0.3 is 0 Å². The summed E-state index contributed by atoms with van der Waals surface area (Å²) in [7, 11) is 0. The van der Waals surface area contributed by atoms with Gasteiger partial charge in [-0.25, -0.2) is 4.98 Å². The van der Waals surface area contributed by atoms with Gasteiger partial charge in [0.25, 0.3) is 0 Å². The average molecular weight is 219 g/mol. The summed E-state index contributed by atoms with van der Waals surface area (Å²) in [6, 6.07) is 6.27. The van der Waals surface area contributed by atoms with Gasteiger partial charge in [0.2, 0.25) is 0 Å². The molecular formula is C12H11ClN2. The normalized spacial score (nSPS) is 10.3. The van der Waals surface area contributed by atoms with Crippen molar-refractivity contribution in [3.05, 3.63) is 46.9 Å². The minimum Gasteiger partial charge on any atom is -0.251 e. The first-order chi connectivity index (χ1) is 7.16. The Kier molecular flexibility index (Phi) is 2.69. The molecule has 0 radical (unpaired) electrons. The predicted octanol–water partition coefficient (Wildman–Crippen LogP) is 3.41. The van der Waals surface area contributed by atoms with Crippen molar-refractivity contribution >= 4 is 11.6 Å². The van der Waals surface area contributed by atoms with Gasteiger partial charge in [0.15, 0.2) is 0 Å². The Balaban J connectivity index is 2.53. The lowest BCUT2D eigenvalue weighted by molar-refractivity contribution is 1.20. The fourth-order valence-corrected chi connectivity index (χ4v) is 1.56. The minimum atomic E-state index is 0.420. The first-order valence-electron chi connectivity index (χ1n) is 4.72. The van der Waals surface area contributed by atoms with Crippen LogP contribution in [0.5, 0.6) is 0 Å². The summed E-state index contributed by atoms with van der Waals surface area (Å²) in [4.78, 5) is 8.29. The molecule has 0 saturated heterocycles. The molecule has 0 saturated carbocycles. The second kappa shape index (κ2) is 3.99. The quantitative estimate of drug-likeness (QED) is 0.733. The van der Waals surface area contributed by atoms with Gasteiger partial charge in [-0.05, 0) is 25.5 Å². The highest BCUT2D eigenvalue weighted by atomic mass is 35.5. The van der Waals surface area contributed by atoms with E-state index in [1.54, 1.807) is 12.4 Å². The molecule has 76 valence electrons. The largest absolute Gasteiger partial charge is 0.251 e. The van der Waals surface area contributed by atoms with E-state index in [1.807, 2.05) is 0 Å². The molecule has 1 aromatic heterocycles. The Labute approximate surface area is 94.0 Å². The van der Waals surface area contributed by atoms with E-state index in [1.165, 1.54) is 11.1 Å². The number of aromatic nitrogens is 2. The topological polar surface area (TPSA) is 25.8 Å². The lowest BCUT2D eigenvalue weighted by Gasteiger charge is -2.05. The lowest BCUT2D eigenvalue weighted by Crippen LogP contribution is -1.89. The van der Waals surface area contributed by atoms with Crippen LogP contribution in [0.1, 0.15) is 11.1 Å². The van der Waals surface area contributed by atoms with E-state index < -0.39 is 0 Å². The maximum atomic E-state index is 5.70. The van der Waals surface area contributed by atoms with E-state index >= 15 is 0 Å². The zero-order valence-electron chi connectivity index (χ0n) is 8.66. The molecule has 0 aliphatic heterocycles. The molecule has 0 spiro atoms. The molecule has 0 amide bonds. The summed E-state index contributed by atoms with van der Waals surface area (Å²) >= 11 is 5.70. The number of aryl methyl sites for hydroxylation is 2. The van der Waals surface area contributed by atoms with Crippen molar-refractivity contribution in [3.63, 3.8) is 0 Å². The predicted molar refractivity (Wildman–Crippen MR) is 62.0 cm³/mol. The number of nitrogens with zero attached hydrogens (tertiary/aromatic N) is 2. The molecule has 0 atom stereocenters. The number of rotatable bonds is 1. The Hall–Kier alpha value is -1.41. The van der Waals surface area contributed by atoms with Crippen LogP contribution in [0.2, 0.25) is 5.15 Å². The van der Waals surface area contributed by atoms with Crippen molar-refractivity contribution in [2.75, 3.05) is 0 Å². The molecule has 15 heavy (non-hydrogen) atoms. The second-order valence-electron chi connectivity index (χ2n) is 3.54. The molecule has 0 N–H and O–H groups in total. The smallest absolute Gasteiger partial charge is 0.147 e. The van der Waals surface area contributed by atoms with Crippen molar-refractivity contribution in [3.8, 4) is 11.3 Å². The van der Waals surface area contributed by atoms with Gasteiger partial charge in [0.1, 0.15) is 5.15 Å². The SMILES string of the molecule is Cc1ccc(C)c(-c2cnc(Cl)cn2)c1. The van der Waals surface area contributed by atoms with Gasteiger partial charge in [-0.3, -0.25) is 4.98 Å². The van der Waals surface area contributed by atoms with Gasteiger partial charge in [0, 0.05) is 5.56 Å². The molecule has 2 rings (SSSR count). The summed E-state index contributed by atoms with van der Waals surface area (Å²) in [6.07, 6.45) is 3.27. The van der Waals surface area contributed by atoms with Crippen molar-refractivity contribution < 1.29 is 0 Å². The summed E-state index contributed by atoms with van der Waals surface area (Å²) < 4.78 is 0. The first kappa shape index (κ1) is 10.1. The van der Waals surface area contributed by atoms with E-state index in [4.69, 9.17) is 11.6 Å². The van der Waals surface area contributed by atoms with Crippen molar-refractivity contribution in [1.29, 1.82) is 0 Å². The highest BCUT2D eigenvalue weighted by molar-refractivity contribution is 6.29. The van der Waals surface area contributed by atoms with Crippen molar-refractivity contribution in [2.45, 2.75) is 13.8 Å². The number of hydrogen-bond donors (Lipinski definition) is 0. The fraction of sp³-hybridized carbons (Fsp3) is 0.167. The molecule has 2 nitrogen and oxygen atoms in total. The number of benzene rings is 1. The second-order valence-corrected chi connectivity index (χ2v) is 3.93. The molecule has 2 aromatic rings. The fourth-order valence-electron chi connectivity index (χ4n) is 1.46. The molecular weight excluding hydrogens is 208 g/mol. The standard InChI is InChI=1S/C12H11ClN2/c1-8-3-4-9(2)10(5-8)11-6-15-12(13)7-14-11/h3-7H,1-2H3. The van der Waals surface area contributed by atoms with Gasteiger partial charge in [-0.1, -0.05) is 29.3 Å². The third-order valence-corrected chi connectivity index (χ3v) is 2.48. The van der Waals surface area contributed by atoms with E-state index in [9.17, 15) is 0 Å². The summed E-state index contributed by atoms with van der Waals surface area (Å²) in [5, 5.41) is 0.420. The Morgan fingerprint density at radius 2 is 1.87 bits per heavy atom. The molecule has 1 heterocycles. The van der Waals surface area contributed by atoms with Gasteiger partial charge in [-0.15, -0.1) is 0 Å². The van der Waals surface area contributed by atoms with E-state index in [-0.39, 0.29) is 0 Å². The molecule has 0 fully saturated rings. The minimum absolute atomic E-state index is 0.420. The average Bonchev–Trinajstić information content (AvgIpc) is 2.23. The zero-order chi connectivity index (χ0) is 10.8. The summed E-state index contributed by atoms with van der Waals surface area (Å²) in [6.45, 7) is 4.12. The van der Waals surface area contributed by atoms with Crippen molar-refractivity contribution in [1.82, 2.24) is 9.97 Å². The Morgan fingerprint density at radius 1 is 1.07 bits per heavy atom. The Bertz CT molecular complexity index is 477. The van der Waals surface area contributed by atoms with Crippen LogP contribution in [-0.4, -0.2) is 9.97 Å². The van der Waals surface area contributed by atoms with Crippen LogP contribution in [0.3, 0.4) is 0 Å². The summed E-state index contributed by atoms with van der Waals surface area (Å²) in [5.74, 6) is 0. The maximum Gasteiger partial charge on any atom is 0.147 e. The van der Waals surface area contributed by atoms with Crippen LogP contribution < -0.4 is 0 Å². The summed E-state index contributed by atoms with van der Waals surface area (Å²) in [5.41, 5.74) is 4.38. The van der Waals surface area contributed by atoms with E-state index in [0.29, 0.717) is 5.15 Å². The molecule has 0 aliphatic rings. The van der Waals surface area contributed by atoms with Gasteiger partial charge < -0.3 is 0 Å². The van der Waals surface area contributed by atoms with Crippen LogP contribution in [0.15, 0.2) is 30.6 Å². The first-order valence-corrected chi connectivity index (χ1v) is 5.10. The molecule has 1 aromatic carbocycles. The Morgan fingerprint density at radius 3 is 2.53 bits per heavy atom. The number of halogens is 1. The highest BCUT2D eigenvalue weighted by Crippen LogP contribution is 2.22. The van der Waals surface area contributed by atoms with Crippen LogP contribution in [0.25, 0.3) is 11.3 Å². The van der Waals surface area contributed by atoms with Crippen molar-refractivity contribution in [2.24, 2.45) is 0 Å². The van der Waals surface area contributed by atoms with E-state index in [2.05, 4.69) is 42.0 Å². The van der Waals surface area contributed by atoms with E-state index in [0.717, 1.165) is 11.3 Å². The van der Waals surface area contributed by atoms with Crippen LogP contribution in [0.4, 0.5) is 0 Å². The molecule has 0 bridgehead atoms. The third-order valence-electron chi connectivity index (χ3n) is 2.29. The van der Waals surface area contributed by atoms with Gasteiger partial charge in [0.05, 0.1) is 18.1 Å².